The highest BCUT2D eigenvalue weighted by molar-refractivity contribution is 5.82. The van der Waals surface area contributed by atoms with Crippen LogP contribution in [0.4, 0.5) is 4.79 Å². The molecule has 7 rings (SSSR count). The second-order valence-electron chi connectivity index (χ2n) is 16.5. The second-order valence-corrected chi connectivity index (χ2v) is 16.5. The molecule has 0 spiro atoms. The zero-order chi connectivity index (χ0) is 33.1. The number of benzene rings is 2. The lowest BCUT2D eigenvalue weighted by molar-refractivity contribution is -0.166. The average molecular weight is 640 g/mol. The molecule has 5 aliphatic rings. The van der Waals surface area contributed by atoms with Gasteiger partial charge in [-0.1, -0.05) is 76.2 Å². The first-order valence-electron chi connectivity index (χ1n) is 18.3. The fourth-order valence-electron chi connectivity index (χ4n) is 11.5. The van der Waals surface area contributed by atoms with Gasteiger partial charge in [-0.3, -0.25) is 4.79 Å². The zero-order valence-electron chi connectivity index (χ0n) is 28.9. The Morgan fingerprint density at radius 2 is 1.47 bits per heavy atom. The van der Waals surface area contributed by atoms with E-state index in [9.17, 15) is 14.4 Å². The van der Waals surface area contributed by atoms with Crippen LogP contribution >= 0.6 is 0 Å². The van der Waals surface area contributed by atoms with Gasteiger partial charge in [0.1, 0.15) is 24.5 Å². The number of amides is 1. The maximum atomic E-state index is 13.6. The standard InChI is InChI=1S/C41H53NO5/c1-24(2)37(42-39(45)46-23-33-30-12-8-6-10-28(30)29-11-7-9-13-31(29)33)38(44)47-27-18-20-40(4)26(22-27)14-15-32-35-17-16-34(25(3)43)41(35,5)21-19-36(32)40/h6-13,24,26-27,32-37H,14-23H2,1-5H3,(H,42,45). The van der Waals surface area contributed by atoms with Crippen LogP contribution in [0.1, 0.15) is 109 Å². The Morgan fingerprint density at radius 3 is 2.13 bits per heavy atom. The molecule has 5 aliphatic carbocycles. The Balaban J connectivity index is 0.953. The highest BCUT2D eigenvalue weighted by atomic mass is 16.6. The van der Waals surface area contributed by atoms with Crippen molar-refractivity contribution in [3.8, 4) is 11.1 Å². The molecule has 1 N–H and O–H groups in total. The van der Waals surface area contributed by atoms with Gasteiger partial charge in [0, 0.05) is 11.8 Å². The first-order valence-corrected chi connectivity index (χ1v) is 18.3. The summed E-state index contributed by atoms with van der Waals surface area (Å²) in [7, 11) is 0. The molecule has 0 bridgehead atoms. The smallest absolute Gasteiger partial charge is 0.407 e. The highest BCUT2D eigenvalue weighted by Gasteiger charge is 2.61. The molecule has 6 heteroatoms. The van der Waals surface area contributed by atoms with Crippen molar-refractivity contribution >= 4 is 17.8 Å². The summed E-state index contributed by atoms with van der Waals surface area (Å²) >= 11 is 0. The Morgan fingerprint density at radius 1 is 0.830 bits per heavy atom. The largest absolute Gasteiger partial charge is 0.461 e. The number of hydrogen-bond acceptors (Lipinski definition) is 5. The van der Waals surface area contributed by atoms with Crippen molar-refractivity contribution in [3.05, 3.63) is 59.7 Å². The third kappa shape index (κ3) is 5.52. The van der Waals surface area contributed by atoms with E-state index >= 15 is 0 Å². The predicted molar refractivity (Wildman–Crippen MR) is 183 cm³/mol. The molecule has 1 amide bonds. The fourth-order valence-corrected chi connectivity index (χ4v) is 11.5. The fraction of sp³-hybridized carbons (Fsp3) is 0.634. The van der Waals surface area contributed by atoms with Crippen LogP contribution in [0.15, 0.2) is 48.5 Å². The van der Waals surface area contributed by atoms with E-state index in [4.69, 9.17) is 9.47 Å². The molecular weight excluding hydrogens is 586 g/mol. The molecule has 47 heavy (non-hydrogen) atoms. The summed E-state index contributed by atoms with van der Waals surface area (Å²) in [6, 6.07) is 15.8. The van der Waals surface area contributed by atoms with Crippen molar-refractivity contribution in [2.75, 3.05) is 6.61 Å². The SMILES string of the molecule is CC(=O)C1CCC2C3CCC4CC(OC(=O)C(NC(=O)OCC5c6ccccc6-c6ccccc65)C(C)C)CCC4(C)C3CCC12C. The minimum Gasteiger partial charge on any atom is -0.461 e. The molecule has 2 aromatic carbocycles. The zero-order valence-corrected chi connectivity index (χ0v) is 28.9. The number of carbonyl (C=O) groups is 3. The van der Waals surface area contributed by atoms with Crippen molar-refractivity contribution in [2.24, 2.45) is 46.3 Å². The third-order valence-electron chi connectivity index (χ3n) is 13.9. The molecule has 4 saturated carbocycles. The van der Waals surface area contributed by atoms with E-state index in [2.05, 4.69) is 43.4 Å². The summed E-state index contributed by atoms with van der Waals surface area (Å²) in [4.78, 5) is 39.2. The number of fused-ring (bicyclic) bond motifs is 8. The van der Waals surface area contributed by atoms with Gasteiger partial charge in [0.15, 0.2) is 0 Å². The second kappa shape index (κ2) is 12.4. The van der Waals surface area contributed by atoms with E-state index in [-0.39, 0.29) is 47.3 Å². The van der Waals surface area contributed by atoms with Gasteiger partial charge in [-0.25, -0.2) is 9.59 Å². The summed E-state index contributed by atoms with van der Waals surface area (Å²) in [6.45, 7) is 10.8. The first kappa shape index (κ1) is 32.4. The Bertz CT molecular complexity index is 1490. The lowest BCUT2D eigenvalue weighted by atomic mass is 9.44. The van der Waals surface area contributed by atoms with E-state index in [1.54, 1.807) is 0 Å². The van der Waals surface area contributed by atoms with Gasteiger partial charge in [-0.2, -0.15) is 0 Å². The molecule has 0 radical (unpaired) electrons. The molecular formula is C41H53NO5. The molecule has 0 heterocycles. The van der Waals surface area contributed by atoms with Crippen LogP contribution in [0.3, 0.4) is 0 Å². The molecule has 0 aliphatic heterocycles. The minimum absolute atomic E-state index is 0.0358. The van der Waals surface area contributed by atoms with Crippen molar-refractivity contribution < 1.29 is 23.9 Å². The van der Waals surface area contributed by atoms with E-state index in [1.165, 1.54) is 43.2 Å². The molecule has 4 fully saturated rings. The van der Waals surface area contributed by atoms with Gasteiger partial charge in [-0.15, -0.1) is 0 Å². The Kier molecular flexibility index (Phi) is 8.54. The van der Waals surface area contributed by atoms with Crippen LogP contribution in [0.2, 0.25) is 0 Å². The lowest BCUT2D eigenvalue weighted by Gasteiger charge is -2.61. The number of nitrogens with one attached hydrogen (secondary N) is 1. The minimum atomic E-state index is -0.762. The molecule has 9 atom stereocenters. The highest BCUT2D eigenvalue weighted by Crippen LogP contribution is 2.67. The van der Waals surface area contributed by atoms with Gasteiger partial charge in [-0.05, 0) is 127 Å². The summed E-state index contributed by atoms with van der Waals surface area (Å²) in [5, 5.41) is 2.86. The maximum absolute atomic E-state index is 13.6. The van der Waals surface area contributed by atoms with E-state index in [0.29, 0.717) is 29.5 Å². The van der Waals surface area contributed by atoms with E-state index in [0.717, 1.165) is 36.8 Å². The van der Waals surface area contributed by atoms with Crippen LogP contribution in [-0.2, 0) is 19.1 Å². The third-order valence-corrected chi connectivity index (χ3v) is 13.9. The van der Waals surface area contributed by atoms with Gasteiger partial charge in [0.2, 0.25) is 0 Å². The van der Waals surface area contributed by atoms with Crippen molar-refractivity contribution in [1.29, 1.82) is 0 Å². The average Bonchev–Trinajstić information content (AvgIpc) is 3.57. The normalized spacial score (nSPS) is 34.7. The number of ether oxygens (including phenoxy) is 2. The Hall–Kier alpha value is -3.15. The molecule has 2 aromatic rings. The summed E-state index contributed by atoms with van der Waals surface area (Å²) in [6.07, 6.45) is 9.21. The predicted octanol–water partition coefficient (Wildman–Crippen LogP) is 8.71. The molecule has 9 unspecified atom stereocenters. The van der Waals surface area contributed by atoms with Gasteiger partial charge in [0.05, 0.1) is 0 Å². The van der Waals surface area contributed by atoms with Crippen molar-refractivity contribution in [1.82, 2.24) is 5.32 Å². The van der Waals surface area contributed by atoms with Gasteiger partial charge < -0.3 is 14.8 Å². The quantitative estimate of drug-likeness (QED) is 0.307. The van der Waals surface area contributed by atoms with Crippen LogP contribution in [-0.4, -0.2) is 36.6 Å². The van der Waals surface area contributed by atoms with Gasteiger partial charge in [0.25, 0.3) is 0 Å². The van der Waals surface area contributed by atoms with E-state index < -0.39 is 12.1 Å². The van der Waals surface area contributed by atoms with Crippen molar-refractivity contribution in [3.63, 3.8) is 0 Å². The first-order chi connectivity index (χ1) is 22.5. The number of Topliss-reactive ketones (excluding diaryl/α,β-unsaturated/α-hetero) is 1. The number of esters is 1. The molecule has 0 aromatic heterocycles. The number of carbonyl (C=O) groups excluding carboxylic acids is 3. The summed E-state index contributed by atoms with van der Waals surface area (Å²) < 4.78 is 12.0. The number of alkyl carbamates (subject to hydrolysis) is 1. The van der Waals surface area contributed by atoms with Crippen LogP contribution in [0, 0.1) is 46.3 Å². The summed E-state index contributed by atoms with van der Waals surface area (Å²) in [5.74, 6) is 2.72. The monoisotopic (exact) mass is 639 g/mol. The van der Waals surface area contributed by atoms with Gasteiger partial charge >= 0.3 is 12.1 Å². The van der Waals surface area contributed by atoms with E-state index in [1.807, 2.05) is 45.0 Å². The summed E-state index contributed by atoms with van der Waals surface area (Å²) in [5.41, 5.74) is 5.11. The molecule has 252 valence electrons. The number of rotatable bonds is 7. The van der Waals surface area contributed by atoms with Crippen LogP contribution in [0.5, 0.6) is 0 Å². The maximum Gasteiger partial charge on any atom is 0.407 e. The topological polar surface area (TPSA) is 81.7 Å². The van der Waals surface area contributed by atoms with Crippen molar-refractivity contribution in [2.45, 2.75) is 110 Å². The number of ketones is 1. The molecule has 6 nitrogen and oxygen atoms in total. The van der Waals surface area contributed by atoms with Crippen LogP contribution < -0.4 is 5.32 Å². The van der Waals surface area contributed by atoms with Crippen LogP contribution in [0.25, 0.3) is 11.1 Å². The lowest BCUT2D eigenvalue weighted by Crippen LogP contribution is -2.55. The number of hydrogen-bond donors (Lipinski definition) is 1. The molecule has 0 saturated heterocycles. The Labute approximate surface area is 280 Å².